The Balaban J connectivity index is 2.74. The Morgan fingerprint density at radius 3 is 2.00 bits per heavy atom. The maximum Gasteiger partial charge on any atom is 0.138 e. The standard InChI is InChI=1S/C7H6F2S2/c8-10-7(11-9)6-4-2-1-3-5-6/h1-5,7H. The maximum atomic E-state index is 12.0. The first kappa shape index (κ1) is 8.87. The zero-order valence-electron chi connectivity index (χ0n) is 5.54. The summed E-state index contributed by atoms with van der Waals surface area (Å²) in [6.45, 7) is 0. The van der Waals surface area contributed by atoms with Gasteiger partial charge in [-0.15, -0.1) is 0 Å². The molecular weight excluding hydrogens is 186 g/mol. The first-order valence-electron chi connectivity index (χ1n) is 2.98. The smallest absolute Gasteiger partial charge is 0.138 e. The zero-order valence-corrected chi connectivity index (χ0v) is 7.17. The van der Waals surface area contributed by atoms with Gasteiger partial charge in [0.2, 0.25) is 0 Å². The average molecular weight is 192 g/mol. The Labute approximate surface area is 73.0 Å². The van der Waals surface area contributed by atoms with E-state index in [-0.39, 0.29) is 24.3 Å². The molecule has 0 aliphatic heterocycles. The molecule has 0 spiro atoms. The molecule has 1 aromatic rings. The van der Waals surface area contributed by atoms with Crippen LogP contribution in [0.2, 0.25) is 0 Å². The molecule has 0 fully saturated rings. The first-order valence-corrected chi connectivity index (χ1v) is 4.54. The molecule has 0 nitrogen and oxygen atoms in total. The van der Waals surface area contributed by atoms with Gasteiger partial charge in [-0.2, -0.15) is 7.77 Å². The molecule has 0 aromatic heterocycles. The molecule has 0 radical (unpaired) electrons. The highest BCUT2D eigenvalue weighted by atomic mass is 32.2. The van der Waals surface area contributed by atoms with E-state index in [1.807, 2.05) is 6.07 Å². The van der Waals surface area contributed by atoms with Gasteiger partial charge in [0.25, 0.3) is 0 Å². The van der Waals surface area contributed by atoms with Crippen LogP contribution in [0.3, 0.4) is 0 Å². The van der Waals surface area contributed by atoms with Crippen molar-refractivity contribution in [2.45, 2.75) is 4.58 Å². The lowest BCUT2D eigenvalue weighted by Crippen LogP contribution is -1.82. The molecule has 0 saturated carbocycles. The van der Waals surface area contributed by atoms with Crippen LogP contribution in [-0.4, -0.2) is 0 Å². The third-order valence-electron chi connectivity index (χ3n) is 1.23. The SMILES string of the molecule is FSC(SF)c1ccccc1. The summed E-state index contributed by atoms with van der Waals surface area (Å²) >= 11 is 0.0219. The normalized spacial score (nSPS) is 10.5. The Morgan fingerprint density at radius 1 is 1.00 bits per heavy atom. The second kappa shape index (κ2) is 4.62. The second-order valence-electron chi connectivity index (χ2n) is 1.92. The van der Waals surface area contributed by atoms with Crippen molar-refractivity contribution in [1.29, 1.82) is 0 Å². The van der Waals surface area contributed by atoms with Gasteiger partial charge in [0, 0.05) is 0 Å². The molecule has 0 bridgehead atoms. The molecule has 0 aliphatic rings. The minimum absolute atomic E-state index is 0.0110. The van der Waals surface area contributed by atoms with Gasteiger partial charge in [-0.1, -0.05) is 30.3 Å². The van der Waals surface area contributed by atoms with Gasteiger partial charge >= 0.3 is 0 Å². The summed E-state index contributed by atoms with van der Waals surface area (Å²) in [4.78, 5) is 0. The molecule has 11 heavy (non-hydrogen) atoms. The van der Waals surface area contributed by atoms with E-state index in [0.29, 0.717) is 5.56 Å². The van der Waals surface area contributed by atoms with Crippen LogP contribution in [-0.2, 0) is 0 Å². The number of benzene rings is 1. The zero-order chi connectivity index (χ0) is 8.10. The van der Waals surface area contributed by atoms with Crippen LogP contribution in [0, 0.1) is 0 Å². The minimum atomic E-state index is -0.740. The molecule has 1 rings (SSSR count). The largest absolute Gasteiger partial charge is 0.164 e. The highest BCUT2D eigenvalue weighted by Crippen LogP contribution is 2.40. The predicted molar refractivity (Wildman–Crippen MR) is 46.6 cm³/mol. The molecule has 0 amide bonds. The lowest BCUT2D eigenvalue weighted by molar-refractivity contribution is 0.908. The summed E-state index contributed by atoms with van der Waals surface area (Å²) in [7, 11) is 0. The van der Waals surface area contributed by atoms with Gasteiger partial charge in [0.05, 0.1) is 24.3 Å². The van der Waals surface area contributed by atoms with Crippen LogP contribution in [0.25, 0.3) is 0 Å². The highest BCUT2D eigenvalue weighted by molar-refractivity contribution is 8.11. The van der Waals surface area contributed by atoms with Gasteiger partial charge in [-0.05, 0) is 5.56 Å². The van der Waals surface area contributed by atoms with E-state index in [0.717, 1.165) is 0 Å². The Kier molecular flexibility index (Phi) is 3.72. The lowest BCUT2D eigenvalue weighted by atomic mass is 10.2. The van der Waals surface area contributed by atoms with Crippen LogP contribution in [0.1, 0.15) is 10.1 Å². The topological polar surface area (TPSA) is 0 Å². The van der Waals surface area contributed by atoms with Crippen molar-refractivity contribution in [2.24, 2.45) is 0 Å². The fourth-order valence-electron chi connectivity index (χ4n) is 0.727. The fourth-order valence-corrected chi connectivity index (χ4v) is 1.36. The van der Waals surface area contributed by atoms with Crippen LogP contribution in [0.15, 0.2) is 30.3 Å². The molecule has 0 aliphatic carbocycles. The number of hydrogen-bond acceptors (Lipinski definition) is 2. The quantitative estimate of drug-likeness (QED) is 0.666. The summed E-state index contributed by atoms with van der Waals surface area (Å²) in [6.07, 6.45) is 0. The maximum absolute atomic E-state index is 12.0. The Bertz CT molecular complexity index is 199. The van der Waals surface area contributed by atoms with E-state index in [2.05, 4.69) is 0 Å². The molecule has 1 aromatic carbocycles. The van der Waals surface area contributed by atoms with Gasteiger partial charge in [-0.25, -0.2) is 0 Å². The van der Waals surface area contributed by atoms with E-state index in [4.69, 9.17) is 0 Å². The van der Waals surface area contributed by atoms with Crippen molar-refractivity contribution in [2.75, 3.05) is 0 Å². The van der Waals surface area contributed by atoms with E-state index >= 15 is 0 Å². The average Bonchev–Trinajstić information content (AvgIpc) is 2.09. The molecule has 0 heterocycles. The number of hydrogen-bond donors (Lipinski definition) is 0. The number of halogens is 2. The molecule has 0 unspecified atom stereocenters. The van der Waals surface area contributed by atoms with Crippen LogP contribution in [0.4, 0.5) is 7.77 Å². The Hall–Kier alpha value is -0.220. The molecule has 0 atom stereocenters. The summed E-state index contributed by atoms with van der Waals surface area (Å²) in [5.41, 5.74) is 0.660. The molecule has 0 saturated heterocycles. The minimum Gasteiger partial charge on any atom is -0.164 e. The van der Waals surface area contributed by atoms with Gasteiger partial charge in [-0.3, -0.25) is 0 Å². The first-order chi connectivity index (χ1) is 5.38. The highest BCUT2D eigenvalue weighted by Gasteiger charge is 2.12. The van der Waals surface area contributed by atoms with Crippen molar-refractivity contribution in [1.82, 2.24) is 0 Å². The van der Waals surface area contributed by atoms with E-state index in [1.54, 1.807) is 24.3 Å². The monoisotopic (exact) mass is 192 g/mol. The third-order valence-corrected chi connectivity index (χ3v) is 2.54. The number of rotatable bonds is 3. The summed E-state index contributed by atoms with van der Waals surface area (Å²) in [5, 5.41) is 0. The Morgan fingerprint density at radius 2 is 1.55 bits per heavy atom. The van der Waals surface area contributed by atoms with Gasteiger partial charge in [0.15, 0.2) is 0 Å². The van der Waals surface area contributed by atoms with Crippen LogP contribution >= 0.6 is 24.3 Å². The lowest BCUT2D eigenvalue weighted by Gasteiger charge is -2.04. The van der Waals surface area contributed by atoms with Crippen molar-refractivity contribution < 1.29 is 7.77 Å². The third kappa shape index (κ3) is 2.38. The van der Waals surface area contributed by atoms with Gasteiger partial charge in [0.1, 0.15) is 4.58 Å². The van der Waals surface area contributed by atoms with Crippen molar-refractivity contribution in [3.05, 3.63) is 35.9 Å². The van der Waals surface area contributed by atoms with Crippen molar-refractivity contribution >= 4 is 24.3 Å². The molecule has 60 valence electrons. The molecular formula is C7H6F2S2. The van der Waals surface area contributed by atoms with E-state index < -0.39 is 4.58 Å². The summed E-state index contributed by atoms with van der Waals surface area (Å²) in [6, 6.07) is 8.73. The fraction of sp³-hybridized carbons (Fsp3) is 0.143. The summed E-state index contributed by atoms with van der Waals surface area (Å²) in [5.74, 6) is 0. The van der Waals surface area contributed by atoms with Gasteiger partial charge < -0.3 is 0 Å². The second-order valence-corrected chi connectivity index (χ2v) is 3.52. The van der Waals surface area contributed by atoms with Crippen molar-refractivity contribution in [3.63, 3.8) is 0 Å². The van der Waals surface area contributed by atoms with Crippen LogP contribution < -0.4 is 0 Å². The van der Waals surface area contributed by atoms with Crippen LogP contribution in [0.5, 0.6) is 0 Å². The summed E-state index contributed by atoms with van der Waals surface area (Å²) < 4.78 is 23.3. The van der Waals surface area contributed by atoms with E-state index in [1.165, 1.54) is 0 Å². The molecule has 0 N–H and O–H groups in total. The predicted octanol–water partition coefficient (Wildman–Crippen LogP) is 3.92. The molecule has 4 heteroatoms. The van der Waals surface area contributed by atoms with Crippen molar-refractivity contribution in [3.8, 4) is 0 Å². The van der Waals surface area contributed by atoms with E-state index in [9.17, 15) is 7.77 Å².